The molecule has 1 unspecified atom stereocenters. The van der Waals surface area contributed by atoms with Gasteiger partial charge in [0.1, 0.15) is 52.2 Å². The zero-order chi connectivity index (χ0) is 68.8. The molecule has 1 atom stereocenters. The highest BCUT2D eigenvalue weighted by Crippen LogP contribution is 2.56. The first-order valence-electron chi connectivity index (χ1n) is 32.2. The fraction of sp³-hybridized carbons (Fsp3) is 0.423. The fourth-order valence-electron chi connectivity index (χ4n) is 12.1. The third kappa shape index (κ3) is 14.9. The number of hydrogen-bond acceptors (Lipinski definition) is 11. The van der Waals surface area contributed by atoms with E-state index in [0.29, 0.717) is 67.4 Å². The zero-order valence-corrected chi connectivity index (χ0v) is 63.6. The van der Waals surface area contributed by atoms with E-state index < -0.39 is 75.4 Å². The van der Waals surface area contributed by atoms with E-state index in [1.165, 1.54) is 0 Å². The summed E-state index contributed by atoms with van der Waals surface area (Å²) in [4.78, 5) is 43.3. The first-order chi connectivity index (χ1) is 42.9. The Morgan fingerprint density at radius 2 is 0.957 bits per heavy atom. The molecule has 0 aliphatic carbocycles. The van der Waals surface area contributed by atoms with Gasteiger partial charge in [0, 0.05) is 50.0 Å². The van der Waals surface area contributed by atoms with Crippen LogP contribution in [-0.2, 0) is 35.8 Å². The number of fused-ring (bicyclic) bond motifs is 4. The molecule has 8 aromatic rings. The average Bonchev–Trinajstić information content (AvgIpc) is 1.73. The molecule has 0 fully saturated rings. The number of ether oxygens (including phenoxy) is 2. The van der Waals surface area contributed by atoms with Crippen molar-refractivity contribution in [3.63, 3.8) is 0 Å². The highest BCUT2D eigenvalue weighted by atomic mass is 32.2. The van der Waals surface area contributed by atoms with Crippen LogP contribution in [-0.4, -0.2) is 38.5 Å². The number of carbonyl (C=O) groups excluding carboxylic acids is 3. The first kappa shape index (κ1) is 70.6. The van der Waals surface area contributed by atoms with Gasteiger partial charge in [-0.05, 0) is 209 Å². The summed E-state index contributed by atoms with van der Waals surface area (Å²) >= 11 is 0. The van der Waals surface area contributed by atoms with Crippen LogP contribution < -0.4 is 28.2 Å². The molecule has 2 heterocycles. The monoisotopic (exact) mass is 1330 g/mol. The van der Waals surface area contributed by atoms with Crippen molar-refractivity contribution in [2.45, 2.75) is 200 Å². The van der Waals surface area contributed by atoms with Crippen molar-refractivity contribution in [3.05, 3.63) is 146 Å². The summed E-state index contributed by atoms with van der Waals surface area (Å²) in [7, 11) is -7.97. The van der Waals surface area contributed by atoms with Crippen molar-refractivity contribution < 1.29 is 50.3 Å². The van der Waals surface area contributed by atoms with Gasteiger partial charge in [0.25, 0.3) is 0 Å². The van der Waals surface area contributed by atoms with Crippen LogP contribution in [0.3, 0.4) is 0 Å². The summed E-state index contributed by atoms with van der Waals surface area (Å²) in [5, 5.41) is 2.12. The Morgan fingerprint density at radius 3 is 1.35 bits per heavy atom. The summed E-state index contributed by atoms with van der Waals surface area (Å²) in [5.41, 5.74) is 14.2. The van der Waals surface area contributed by atoms with E-state index >= 15 is 0 Å². The van der Waals surface area contributed by atoms with Crippen molar-refractivity contribution in [1.82, 2.24) is 0 Å². The van der Waals surface area contributed by atoms with Gasteiger partial charge in [-0.1, -0.05) is 136 Å². The van der Waals surface area contributed by atoms with E-state index in [-0.39, 0.29) is 11.8 Å². The number of aryl methyl sites for hydroxylation is 6. The third-order valence-corrected chi connectivity index (χ3v) is 22.1. The van der Waals surface area contributed by atoms with Crippen LogP contribution in [0, 0.1) is 52.4 Å². The molecule has 1 aromatic heterocycles. The smallest absolute Gasteiger partial charge is 0.426 e. The number of rotatable bonds is 13. The van der Waals surface area contributed by atoms with Crippen LogP contribution in [0.15, 0.2) is 98.2 Å². The molecule has 15 heteroatoms. The van der Waals surface area contributed by atoms with Crippen LogP contribution in [0.2, 0.25) is 19.6 Å². The summed E-state index contributed by atoms with van der Waals surface area (Å²) in [6, 6.07) is 29.3. The lowest BCUT2D eigenvalue weighted by atomic mass is 9.83. The normalized spacial score (nSPS) is 14.0. The second-order valence-electron chi connectivity index (χ2n) is 31.4. The Hall–Kier alpha value is -6.75. The minimum Gasteiger partial charge on any atom is -0.426 e. The number of esters is 2. The molecule has 0 radical (unpaired) electrons. The molecular weight excluding hydrogens is 1230 g/mol. The molecule has 0 spiro atoms. The van der Waals surface area contributed by atoms with Gasteiger partial charge in [0.15, 0.2) is 10.6 Å². The lowest BCUT2D eigenvalue weighted by Crippen LogP contribution is -2.38. The molecular formula is C78H97O11P2SSi+. The maximum Gasteiger partial charge on any atom is 0.533 e. The first-order valence-corrected chi connectivity index (χ1v) is 40.0. The van der Waals surface area contributed by atoms with E-state index in [1.807, 2.05) is 71.9 Å². The Morgan fingerprint density at radius 1 is 0.516 bits per heavy atom. The molecule has 0 saturated heterocycles. The SMILES string of the molecule is Cc1cc(C)c(-c2cc(-c3cc(-c4c(C)cc(C)cc4C)cc([Si](C)(C)C)c3Op3oc4c(C(C)(C)C)cc(OC(=O)C(C)(C)C)cc4c4cc(OC(=O)C(C)(C)C)cc(C(C)(C)C)c4o3)c(OP3OC(=O)c4cc(C(C)C)cc(C(C)C)c4O3)c([S+](C)C)c2)c(C)c1. The summed E-state index contributed by atoms with van der Waals surface area (Å²) < 4.78 is 56.2. The van der Waals surface area contributed by atoms with E-state index in [0.717, 1.165) is 88.0 Å². The van der Waals surface area contributed by atoms with Crippen LogP contribution in [0.1, 0.15) is 189 Å². The third-order valence-electron chi connectivity index (χ3n) is 16.9. The van der Waals surface area contributed by atoms with Gasteiger partial charge in [-0.15, -0.1) is 0 Å². The molecule has 494 valence electrons. The zero-order valence-electron chi connectivity index (χ0n) is 60.0. The van der Waals surface area contributed by atoms with Crippen molar-refractivity contribution in [3.8, 4) is 62.1 Å². The molecule has 1 aliphatic heterocycles. The Bertz CT molecular complexity index is 4210. The molecule has 1 aliphatic rings. The van der Waals surface area contributed by atoms with Crippen LogP contribution in [0.4, 0.5) is 0 Å². The Labute approximate surface area is 559 Å². The van der Waals surface area contributed by atoms with E-state index in [2.05, 4.69) is 198 Å². The number of carbonyl (C=O) groups is 3. The molecule has 0 N–H and O–H groups in total. The van der Waals surface area contributed by atoms with Crippen molar-refractivity contribution in [2.24, 2.45) is 10.8 Å². The van der Waals surface area contributed by atoms with Crippen molar-refractivity contribution in [1.29, 1.82) is 0 Å². The Balaban J connectivity index is 1.47. The van der Waals surface area contributed by atoms with Crippen LogP contribution in [0.5, 0.6) is 28.7 Å². The van der Waals surface area contributed by atoms with Gasteiger partial charge in [-0.3, -0.25) is 9.59 Å². The van der Waals surface area contributed by atoms with Gasteiger partial charge in [0.2, 0.25) is 0 Å². The van der Waals surface area contributed by atoms with Crippen LogP contribution >= 0.6 is 16.8 Å². The van der Waals surface area contributed by atoms with Crippen LogP contribution in [0.25, 0.3) is 55.3 Å². The van der Waals surface area contributed by atoms with Crippen molar-refractivity contribution in [2.75, 3.05) is 12.5 Å². The largest absolute Gasteiger partial charge is 0.533 e. The highest BCUT2D eigenvalue weighted by molar-refractivity contribution is 7.95. The van der Waals surface area contributed by atoms with Gasteiger partial charge in [-0.25, -0.2) is 4.79 Å². The summed E-state index contributed by atoms with van der Waals surface area (Å²) in [6.07, 6.45) is 4.36. The molecule has 93 heavy (non-hydrogen) atoms. The highest BCUT2D eigenvalue weighted by Gasteiger charge is 2.40. The molecule has 9 rings (SSSR count). The predicted molar refractivity (Wildman–Crippen MR) is 390 cm³/mol. The standard InChI is InChI=1S/C78H97O11P2SSi/c1-42(2)50-32-55(43(3)4)67-60(33-50)72(79)89-91(84-67)87-70-56(34-51(36-63(70)92(23)24)65-46(7)28-44(5)29-47(65)8)57-35-52(66-48(9)30-45(6)31-49(66)10)37-64(93(25,26)27)71(57)88-90-85-68-58(38-53(40-61(68)75(11,12)13)82-73(80)77(17,18)19)59-39-54(83-74(81)78(20,21)22)41-62(69(59)86-90)76(14,15)16/h28-43H,1-27H3/q+1. The van der Waals surface area contributed by atoms with Gasteiger partial charge in [0.05, 0.1) is 18.9 Å². The summed E-state index contributed by atoms with van der Waals surface area (Å²) in [6.45, 7) is 51.8. The van der Waals surface area contributed by atoms with Crippen molar-refractivity contribution >= 4 is 80.8 Å². The average molecular weight is 1330 g/mol. The molecule has 0 amide bonds. The lowest BCUT2D eigenvalue weighted by molar-refractivity contribution is -0.143. The molecule has 0 bridgehead atoms. The van der Waals surface area contributed by atoms with Gasteiger partial charge >= 0.3 is 34.8 Å². The fourth-order valence-corrected chi connectivity index (χ4v) is 16.8. The predicted octanol–water partition coefficient (Wildman–Crippen LogP) is 22.4. The minimum atomic E-state index is -2.58. The van der Waals surface area contributed by atoms with Gasteiger partial charge < -0.3 is 36.0 Å². The van der Waals surface area contributed by atoms with E-state index in [1.54, 1.807) is 0 Å². The quantitative estimate of drug-likeness (QED) is 0.0359. The minimum absolute atomic E-state index is 0.0224. The topological polar surface area (TPSA) is 133 Å². The summed E-state index contributed by atoms with van der Waals surface area (Å²) in [5.74, 6) is 1.01. The molecule has 7 aromatic carbocycles. The Kier molecular flexibility index (Phi) is 19.5. The van der Waals surface area contributed by atoms with E-state index in [9.17, 15) is 14.4 Å². The second-order valence-corrected chi connectivity index (χ2v) is 40.5. The molecule has 11 nitrogen and oxygen atoms in total. The number of hydrogen-bond donors (Lipinski definition) is 0. The second kappa shape index (κ2) is 25.8. The van der Waals surface area contributed by atoms with E-state index in [4.69, 9.17) is 36.0 Å². The maximum atomic E-state index is 14.6. The number of benzene rings is 7. The maximum absolute atomic E-state index is 14.6. The molecule has 0 saturated carbocycles. The lowest BCUT2D eigenvalue weighted by Gasteiger charge is -2.29. The van der Waals surface area contributed by atoms with Gasteiger partial charge in [-0.2, -0.15) is 0 Å².